The van der Waals surface area contributed by atoms with E-state index in [0.717, 1.165) is 5.56 Å². The Balaban J connectivity index is 2.88. The largest absolute Gasteiger partial charge is 0.488 e. The second kappa shape index (κ2) is 12.9. The Labute approximate surface area is 209 Å². The second-order valence-electron chi connectivity index (χ2n) is 11.2. The van der Waals surface area contributed by atoms with Crippen molar-refractivity contribution in [2.45, 2.75) is 97.6 Å². The van der Waals surface area contributed by atoms with Gasteiger partial charge in [0.15, 0.2) is 0 Å². The van der Waals surface area contributed by atoms with Gasteiger partial charge in [0.05, 0.1) is 18.2 Å². The first-order valence-corrected chi connectivity index (χ1v) is 12.0. The Morgan fingerprint density at radius 2 is 1.46 bits per heavy atom. The van der Waals surface area contributed by atoms with Crippen LogP contribution in [0.5, 0.6) is 5.75 Å². The predicted molar refractivity (Wildman–Crippen MR) is 135 cm³/mol. The number of nitrogens with one attached hydrogen (secondary N) is 2. The molecule has 198 valence electrons. The molecular weight excluding hydrogens is 450 g/mol. The zero-order chi connectivity index (χ0) is 27.0. The number of benzene rings is 1. The van der Waals surface area contributed by atoms with Gasteiger partial charge in [0.2, 0.25) is 11.8 Å². The summed E-state index contributed by atoms with van der Waals surface area (Å²) in [6.45, 7) is 14.9. The second-order valence-corrected chi connectivity index (χ2v) is 11.2. The van der Waals surface area contributed by atoms with Crippen molar-refractivity contribution in [1.29, 1.82) is 0 Å². The molecule has 0 aliphatic rings. The predicted octanol–water partition coefficient (Wildman–Crippen LogP) is 2.65. The van der Waals surface area contributed by atoms with Crippen LogP contribution in [0.15, 0.2) is 24.3 Å². The SMILES string of the molecule is CC(C)C[C@H](NC(=O)[C@H](COC(C)(C)C)NC(=O)[C@@H](N)Cc1ccc(OC(C)(C)C)cc1)C(=O)O. The molecule has 0 aromatic heterocycles. The number of amides is 2. The Morgan fingerprint density at radius 1 is 0.914 bits per heavy atom. The van der Waals surface area contributed by atoms with E-state index in [2.05, 4.69) is 10.6 Å². The number of ether oxygens (including phenoxy) is 2. The first-order valence-electron chi connectivity index (χ1n) is 12.0. The van der Waals surface area contributed by atoms with E-state index in [4.69, 9.17) is 15.2 Å². The van der Waals surface area contributed by atoms with Crippen molar-refractivity contribution in [3.63, 3.8) is 0 Å². The normalized spacial score (nSPS) is 14.7. The number of carbonyl (C=O) groups is 3. The van der Waals surface area contributed by atoms with Gasteiger partial charge in [0.1, 0.15) is 23.4 Å². The van der Waals surface area contributed by atoms with Crippen LogP contribution in [0.3, 0.4) is 0 Å². The van der Waals surface area contributed by atoms with Crippen LogP contribution in [0.1, 0.15) is 67.4 Å². The molecule has 1 aromatic carbocycles. The molecule has 9 heteroatoms. The van der Waals surface area contributed by atoms with Crippen LogP contribution in [0.4, 0.5) is 0 Å². The van der Waals surface area contributed by atoms with Gasteiger partial charge in [-0.25, -0.2) is 4.79 Å². The Kier molecular flexibility index (Phi) is 11.2. The Hall–Kier alpha value is -2.65. The van der Waals surface area contributed by atoms with E-state index in [9.17, 15) is 19.5 Å². The van der Waals surface area contributed by atoms with Crippen molar-refractivity contribution in [3.05, 3.63) is 29.8 Å². The molecule has 5 N–H and O–H groups in total. The minimum Gasteiger partial charge on any atom is -0.488 e. The van der Waals surface area contributed by atoms with E-state index in [-0.39, 0.29) is 31.0 Å². The topological polar surface area (TPSA) is 140 Å². The van der Waals surface area contributed by atoms with Crippen molar-refractivity contribution in [2.24, 2.45) is 11.7 Å². The molecule has 1 aromatic rings. The first-order chi connectivity index (χ1) is 16.0. The van der Waals surface area contributed by atoms with Crippen LogP contribution in [0.2, 0.25) is 0 Å². The van der Waals surface area contributed by atoms with Crippen LogP contribution >= 0.6 is 0 Å². The maximum absolute atomic E-state index is 12.9. The summed E-state index contributed by atoms with van der Waals surface area (Å²) in [7, 11) is 0. The lowest BCUT2D eigenvalue weighted by Crippen LogP contribution is -2.57. The summed E-state index contributed by atoms with van der Waals surface area (Å²) >= 11 is 0. The molecule has 2 amide bonds. The van der Waals surface area contributed by atoms with E-state index in [1.54, 1.807) is 0 Å². The van der Waals surface area contributed by atoms with E-state index in [1.165, 1.54) is 0 Å². The summed E-state index contributed by atoms with van der Waals surface area (Å²) in [5.41, 5.74) is 6.08. The molecular formula is C26H43N3O6. The molecule has 0 bridgehead atoms. The number of carboxylic acid groups (broad SMARTS) is 1. The summed E-state index contributed by atoms with van der Waals surface area (Å²) in [4.78, 5) is 37.3. The van der Waals surface area contributed by atoms with Gasteiger partial charge in [0, 0.05) is 0 Å². The maximum atomic E-state index is 12.9. The maximum Gasteiger partial charge on any atom is 0.326 e. The van der Waals surface area contributed by atoms with Crippen molar-refractivity contribution in [1.82, 2.24) is 10.6 Å². The average molecular weight is 494 g/mol. The molecule has 0 fully saturated rings. The smallest absolute Gasteiger partial charge is 0.326 e. The van der Waals surface area contributed by atoms with Gasteiger partial charge in [-0.1, -0.05) is 26.0 Å². The third kappa shape index (κ3) is 12.6. The van der Waals surface area contributed by atoms with Crippen molar-refractivity contribution >= 4 is 17.8 Å². The van der Waals surface area contributed by atoms with Gasteiger partial charge in [-0.05, 0) is 78.0 Å². The highest BCUT2D eigenvalue weighted by molar-refractivity contribution is 5.92. The molecule has 9 nitrogen and oxygen atoms in total. The monoisotopic (exact) mass is 493 g/mol. The van der Waals surface area contributed by atoms with E-state index >= 15 is 0 Å². The highest BCUT2D eigenvalue weighted by atomic mass is 16.5. The van der Waals surface area contributed by atoms with Gasteiger partial charge in [0.25, 0.3) is 0 Å². The third-order valence-corrected chi connectivity index (χ3v) is 4.78. The van der Waals surface area contributed by atoms with E-state index in [0.29, 0.717) is 5.75 Å². The Morgan fingerprint density at radius 3 is 1.91 bits per heavy atom. The highest BCUT2D eigenvalue weighted by Crippen LogP contribution is 2.19. The molecule has 0 saturated heterocycles. The molecule has 3 atom stereocenters. The number of hydrogen-bond donors (Lipinski definition) is 4. The summed E-state index contributed by atoms with van der Waals surface area (Å²) in [6, 6.07) is 4.23. The molecule has 0 aliphatic carbocycles. The first kappa shape index (κ1) is 30.4. The lowest BCUT2D eigenvalue weighted by atomic mass is 10.0. The molecule has 1 rings (SSSR count). The molecule has 0 heterocycles. The number of nitrogens with two attached hydrogens (primary N) is 1. The quantitative estimate of drug-likeness (QED) is 0.351. The van der Waals surface area contributed by atoms with Crippen LogP contribution < -0.4 is 21.1 Å². The summed E-state index contributed by atoms with van der Waals surface area (Å²) in [5.74, 6) is -1.53. The van der Waals surface area contributed by atoms with Crippen LogP contribution in [0.25, 0.3) is 0 Å². The fraction of sp³-hybridized carbons (Fsp3) is 0.654. The van der Waals surface area contributed by atoms with Crippen molar-refractivity contribution in [2.75, 3.05) is 6.61 Å². The number of aliphatic carboxylic acids is 1. The van der Waals surface area contributed by atoms with Crippen LogP contribution in [-0.4, -0.2) is 58.8 Å². The lowest BCUT2D eigenvalue weighted by Gasteiger charge is -2.27. The van der Waals surface area contributed by atoms with Crippen LogP contribution in [0, 0.1) is 5.92 Å². The van der Waals surface area contributed by atoms with Gasteiger partial charge in [-0.15, -0.1) is 0 Å². The molecule has 0 unspecified atom stereocenters. The van der Waals surface area contributed by atoms with Crippen LogP contribution in [-0.2, 0) is 25.5 Å². The number of carboxylic acids is 1. The number of rotatable bonds is 12. The minimum absolute atomic E-state index is 0.0591. The number of hydrogen-bond acceptors (Lipinski definition) is 6. The van der Waals surface area contributed by atoms with Gasteiger partial charge >= 0.3 is 5.97 Å². The molecule has 0 aliphatic heterocycles. The zero-order valence-corrected chi connectivity index (χ0v) is 22.3. The fourth-order valence-corrected chi connectivity index (χ4v) is 3.15. The third-order valence-electron chi connectivity index (χ3n) is 4.78. The van der Waals surface area contributed by atoms with E-state index in [1.807, 2.05) is 79.7 Å². The number of carbonyl (C=O) groups excluding carboxylic acids is 2. The highest BCUT2D eigenvalue weighted by Gasteiger charge is 2.30. The molecule has 0 spiro atoms. The van der Waals surface area contributed by atoms with Crippen molar-refractivity contribution < 1.29 is 29.0 Å². The summed E-state index contributed by atoms with van der Waals surface area (Å²) < 4.78 is 11.5. The summed E-state index contributed by atoms with van der Waals surface area (Å²) in [5, 5.41) is 14.6. The molecule has 35 heavy (non-hydrogen) atoms. The standard InChI is InChI=1S/C26H43N3O6/c1-16(2)13-20(24(32)33)28-23(31)21(15-34-25(3,4)5)29-22(30)19(27)14-17-9-11-18(12-10-17)35-26(6,7)8/h9-12,16,19-21H,13-15,27H2,1-8H3,(H,28,31)(H,29,30)(H,32,33)/t19-,20-,21-/m0/s1. The minimum atomic E-state index is -1.13. The van der Waals surface area contributed by atoms with Gasteiger partial charge in [-0.3, -0.25) is 9.59 Å². The zero-order valence-electron chi connectivity index (χ0n) is 22.3. The molecule has 0 saturated carbocycles. The van der Waals surface area contributed by atoms with Gasteiger partial charge < -0.3 is 30.9 Å². The Bertz CT molecular complexity index is 840. The van der Waals surface area contributed by atoms with E-state index < -0.39 is 41.5 Å². The average Bonchev–Trinajstić information content (AvgIpc) is 2.69. The van der Waals surface area contributed by atoms with Gasteiger partial charge in [-0.2, -0.15) is 0 Å². The summed E-state index contributed by atoms with van der Waals surface area (Å²) in [6.07, 6.45) is 0.511. The lowest BCUT2D eigenvalue weighted by molar-refractivity contribution is -0.143. The molecule has 0 radical (unpaired) electrons. The fourth-order valence-electron chi connectivity index (χ4n) is 3.15. The van der Waals surface area contributed by atoms with Crippen molar-refractivity contribution in [3.8, 4) is 5.75 Å².